The predicted octanol–water partition coefficient (Wildman–Crippen LogP) is 3.00. The van der Waals surface area contributed by atoms with Crippen molar-refractivity contribution in [2.45, 2.75) is 34.6 Å². The molecule has 0 aliphatic rings. The lowest BCUT2D eigenvalue weighted by Gasteiger charge is -2.08. The summed E-state index contributed by atoms with van der Waals surface area (Å²) in [6, 6.07) is 4.69. The number of ketones is 1. The van der Waals surface area contributed by atoms with Crippen molar-refractivity contribution in [3.63, 3.8) is 0 Å². The van der Waals surface area contributed by atoms with E-state index in [0.29, 0.717) is 28.4 Å². The number of carbonyl (C=O) groups excluding carboxylic acids is 2. The van der Waals surface area contributed by atoms with Crippen LogP contribution < -0.4 is 5.63 Å². The summed E-state index contributed by atoms with van der Waals surface area (Å²) in [6.45, 7) is 8.09. The van der Waals surface area contributed by atoms with Crippen molar-refractivity contribution in [3.05, 3.63) is 68.2 Å². The van der Waals surface area contributed by atoms with Crippen LogP contribution in [-0.4, -0.2) is 28.1 Å². The van der Waals surface area contributed by atoms with Crippen LogP contribution in [0.4, 0.5) is 0 Å². The number of aromatic nitrogens is 2. The van der Waals surface area contributed by atoms with E-state index in [-0.39, 0.29) is 17.1 Å². The molecule has 0 bridgehead atoms. The molecule has 146 valence electrons. The Labute approximate surface area is 160 Å². The van der Waals surface area contributed by atoms with Gasteiger partial charge >= 0.3 is 11.6 Å². The second-order valence-electron chi connectivity index (χ2n) is 6.59. The third kappa shape index (κ3) is 3.53. The van der Waals surface area contributed by atoms with Crippen molar-refractivity contribution >= 4 is 11.8 Å². The van der Waals surface area contributed by atoms with E-state index in [9.17, 15) is 14.4 Å². The number of nitrogens with zero attached hydrogens (tertiary/aromatic N) is 2. The summed E-state index contributed by atoms with van der Waals surface area (Å²) >= 11 is 0. The molecule has 0 aromatic carbocycles. The lowest BCUT2D eigenvalue weighted by atomic mass is 10.1. The Morgan fingerprint density at radius 3 is 2.43 bits per heavy atom. The molecule has 0 aliphatic carbocycles. The highest BCUT2D eigenvalue weighted by Crippen LogP contribution is 2.21. The molecule has 3 heterocycles. The number of carbonyl (C=O) groups is 2. The molecule has 0 fully saturated rings. The molecule has 0 N–H and O–H groups in total. The van der Waals surface area contributed by atoms with E-state index < -0.39 is 18.2 Å². The van der Waals surface area contributed by atoms with Gasteiger partial charge in [-0.1, -0.05) is 5.16 Å². The van der Waals surface area contributed by atoms with Gasteiger partial charge in [-0.3, -0.25) is 9.36 Å². The van der Waals surface area contributed by atoms with Gasteiger partial charge in [0.2, 0.25) is 5.78 Å². The average Bonchev–Trinajstić information content (AvgIpc) is 3.14. The van der Waals surface area contributed by atoms with Gasteiger partial charge in [-0.05, 0) is 46.2 Å². The smallest absolute Gasteiger partial charge is 0.342 e. The summed E-state index contributed by atoms with van der Waals surface area (Å²) in [5.41, 5.74) is 1.95. The van der Waals surface area contributed by atoms with E-state index in [2.05, 4.69) is 5.16 Å². The van der Waals surface area contributed by atoms with Gasteiger partial charge in [0.25, 0.3) is 0 Å². The van der Waals surface area contributed by atoms with Crippen LogP contribution in [0.15, 0.2) is 31.9 Å². The summed E-state index contributed by atoms with van der Waals surface area (Å²) in [5.74, 6) is 0.328. The Balaban J connectivity index is 1.79. The highest BCUT2D eigenvalue weighted by Gasteiger charge is 2.22. The Bertz CT molecular complexity index is 1110. The largest absolute Gasteiger partial charge is 0.454 e. The second-order valence-corrected chi connectivity index (χ2v) is 6.59. The first-order chi connectivity index (χ1) is 13.2. The molecule has 8 nitrogen and oxygen atoms in total. The highest BCUT2D eigenvalue weighted by molar-refractivity contribution is 6.01. The minimum atomic E-state index is -0.715. The minimum absolute atomic E-state index is 0.149. The molecule has 0 atom stereocenters. The highest BCUT2D eigenvalue weighted by atomic mass is 16.5. The predicted molar refractivity (Wildman–Crippen MR) is 99.1 cm³/mol. The number of hydrogen-bond donors (Lipinski definition) is 0. The van der Waals surface area contributed by atoms with Crippen LogP contribution in [0.5, 0.6) is 0 Å². The zero-order chi connectivity index (χ0) is 20.6. The van der Waals surface area contributed by atoms with Crippen molar-refractivity contribution in [1.82, 2.24) is 9.72 Å². The third-order valence-electron chi connectivity index (χ3n) is 4.45. The fourth-order valence-corrected chi connectivity index (χ4v) is 3.20. The van der Waals surface area contributed by atoms with E-state index in [4.69, 9.17) is 13.7 Å². The number of Topliss-reactive ketones (excluding diaryl/α,β-unsaturated/α-hetero) is 1. The number of ether oxygens (including phenoxy) is 1. The lowest BCUT2D eigenvalue weighted by Crippen LogP contribution is -2.18. The number of hydrogen-bond acceptors (Lipinski definition) is 7. The van der Waals surface area contributed by atoms with Crippen LogP contribution in [-0.2, 0) is 4.74 Å². The lowest BCUT2D eigenvalue weighted by molar-refractivity contribution is 0.0469. The van der Waals surface area contributed by atoms with Gasteiger partial charge in [0.15, 0.2) is 12.4 Å². The third-order valence-corrected chi connectivity index (χ3v) is 4.45. The molecule has 0 radical (unpaired) electrons. The number of rotatable bonds is 5. The van der Waals surface area contributed by atoms with Crippen LogP contribution in [0.25, 0.3) is 5.82 Å². The zero-order valence-corrected chi connectivity index (χ0v) is 16.3. The molecular weight excluding hydrogens is 364 g/mol. The molecular formula is C20H20N2O6. The van der Waals surface area contributed by atoms with Gasteiger partial charge in [0, 0.05) is 29.1 Å². The Morgan fingerprint density at radius 1 is 1.11 bits per heavy atom. The zero-order valence-electron chi connectivity index (χ0n) is 16.3. The van der Waals surface area contributed by atoms with Gasteiger partial charge in [-0.2, -0.15) is 0 Å². The van der Waals surface area contributed by atoms with Crippen LogP contribution in [0, 0.1) is 34.6 Å². The molecule has 0 saturated carbocycles. The molecule has 0 spiro atoms. The Hall–Kier alpha value is -3.42. The number of esters is 1. The van der Waals surface area contributed by atoms with Gasteiger partial charge in [-0.25, -0.2) is 9.59 Å². The first-order valence-corrected chi connectivity index (χ1v) is 8.63. The standard InChI is InChI=1S/C20H20N2O6/c1-10-6-18(24)27-14(5)19(10)20(25)26-9-16(23)15-7-11(2)22(13(15)4)17-8-12(3)28-21-17/h6-8H,9H2,1-5H3. The van der Waals surface area contributed by atoms with E-state index in [1.54, 1.807) is 37.5 Å². The maximum Gasteiger partial charge on any atom is 0.342 e. The quantitative estimate of drug-likeness (QED) is 0.492. The first kappa shape index (κ1) is 19.3. The average molecular weight is 384 g/mol. The summed E-state index contributed by atoms with van der Waals surface area (Å²) in [7, 11) is 0. The summed E-state index contributed by atoms with van der Waals surface area (Å²) < 4.78 is 17.0. The van der Waals surface area contributed by atoms with Crippen LogP contribution in [0.2, 0.25) is 0 Å². The van der Waals surface area contributed by atoms with Gasteiger partial charge < -0.3 is 13.7 Å². The van der Waals surface area contributed by atoms with Crippen LogP contribution in [0.3, 0.4) is 0 Å². The molecule has 3 rings (SSSR count). The number of aryl methyl sites for hydroxylation is 4. The van der Waals surface area contributed by atoms with Crippen molar-refractivity contribution in [2.24, 2.45) is 0 Å². The normalized spacial score (nSPS) is 10.9. The summed E-state index contributed by atoms with van der Waals surface area (Å²) in [6.07, 6.45) is 0. The molecule has 0 saturated heterocycles. The Morgan fingerprint density at radius 2 is 1.82 bits per heavy atom. The van der Waals surface area contributed by atoms with Crippen molar-refractivity contribution < 1.29 is 23.3 Å². The minimum Gasteiger partial charge on any atom is -0.454 e. The van der Waals surface area contributed by atoms with Crippen LogP contribution in [0.1, 0.15) is 49.2 Å². The topological polar surface area (TPSA) is 105 Å². The molecule has 8 heteroatoms. The van der Waals surface area contributed by atoms with Gasteiger partial charge in [0.05, 0.1) is 0 Å². The fraction of sp³-hybridized carbons (Fsp3) is 0.300. The first-order valence-electron chi connectivity index (χ1n) is 8.63. The molecule has 3 aromatic rings. The van der Waals surface area contributed by atoms with Crippen LogP contribution >= 0.6 is 0 Å². The maximum atomic E-state index is 12.6. The van der Waals surface area contributed by atoms with Crippen molar-refractivity contribution in [1.29, 1.82) is 0 Å². The van der Waals surface area contributed by atoms with E-state index in [1.165, 1.54) is 13.0 Å². The summed E-state index contributed by atoms with van der Waals surface area (Å²) in [4.78, 5) is 36.3. The van der Waals surface area contributed by atoms with E-state index in [0.717, 1.165) is 5.69 Å². The second kappa shape index (κ2) is 7.30. The van der Waals surface area contributed by atoms with Crippen molar-refractivity contribution in [3.8, 4) is 5.82 Å². The monoisotopic (exact) mass is 384 g/mol. The van der Waals surface area contributed by atoms with Gasteiger partial charge in [0.1, 0.15) is 17.1 Å². The molecule has 0 unspecified atom stereocenters. The van der Waals surface area contributed by atoms with E-state index in [1.807, 2.05) is 6.92 Å². The van der Waals surface area contributed by atoms with Gasteiger partial charge in [-0.15, -0.1) is 0 Å². The molecule has 3 aromatic heterocycles. The Kier molecular flexibility index (Phi) is 5.04. The molecule has 28 heavy (non-hydrogen) atoms. The summed E-state index contributed by atoms with van der Waals surface area (Å²) in [5, 5.41) is 3.98. The molecule has 0 aliphatic heterocycles. The van der Waals surface area contributed by atoms with E-state index >= 15 is 0 Å². The maximum absolute atomic E-state index is 12.6. The molecule has 0 amide bonds. The SMILES string of the molecule is Cc1cc(-n2c(C)cc(C(=O)COC(=O)c3c(C)cc(=O)oc3C)c2C)no1. The van der Waals surface area contributed by atoms with Crippen molar-refractivity contribution in [2.75, 3.05) is 6.61 Å². The fourth-order valence-electron chi connectivity index (χ4n) is 3.20.